The molecule has 126 valence electrons. The fraction of sp³-hybridized carbons (Fsp3) is 0.667. The molecule has 4 unspecified atom stereocenters. The normalized spacial score (nSPS) is 36.0. The van der Waals surface area contributed by atoms with Crippen LogP contribution in [0.25, 0.3) is 0 Å². The minimum atomic E-state index is -4.13. The quantitative estimate of drug-likeness (QED) is 0.847. The minimum absolute atomic E-state index is 0.0873. The Labute approximate surface area is 138 Å². The van der Waals surface area contributed by atoms with Gasteiger partial charge in [0.25, 0.3) is 10.1 Å². The summed E-state index contributed by atoms with van der Waals surface area (Å²) < 4.78 is 37.2. The zero-order chi connectivity index (χ0) is 16.1. The standard InChI is InChI=1S/C18H24O4S/c19-23(20,21)17-5-3-16(4-6-17)22-12-18-8-7-14-2-1-13(10-18)9-15(14)11-18/h3-6,13-15H,1-2,7-12H2,(H,19,20,21). The smallest absolute Gasteiger partial charge is 0.294 e. The topological polar surface area (TPSA) is 63.6 Å². The first-order valence-corrected chi connectivity index (χ1v) is 10.1. The van der Waals surface area contributed by atoms with Crippen molar-refractivity contribution in [1.29, 1.82) is 0 Å². The van der Waals surface area contributed by atoms with Crippen molar-refractivity contribution in [2.24, 2.45) is 23.2 Å². The van der Waals surface area contributed by atoms with Crippen molar-refractivity contribution in [2.45, 2.75) is 49.8 Å². The molecule has 3 aliphatic rings. The van der Waals surface area contributed by atoms with E-state index in [1.54, 1.807) is 12.1 Å². The Morgan fingerprint density at radius 1 is 1.09 bits per heavy atom. The monoisotopic (exact) mass is 336 g/mol. The van der Waals surface area contributed by atoms with Crippen molar-refractivity contribution in [1.82, 2.24) is 0 Å². The molecule has 1 aromatic carbocycles. The third-order valence-corrected chi connectivity index (χ3v) is 7.25. The van der Waals surface area contributed by atoms with E-state index < -0.39 is 10.1 Å². The first kappa shape index (κ1) is 15.5. The van der Waals surface area contributed by atoms with Crippen LogP contribution in [0.2, 0.25) is 0 Å². The summed E-state index contributed by atoms with van der Waals surface area (Å²) in [6, 6.07) is 6.06. The second-order valence-corrected chi connectivity index (χ2v) is 9.30. The van der Waals surface area contributed by atoms with Gasteiger partial charge in [0.2, 0.25) is 0 Å². The summed E-state index contributed by atoms with van der Waals surface area (Å²) in [5.41, 5.74) is 0.326. The first-order chi connectivity index (χ1) is 10.9. The molecule has 0 aromatic heterocycles. The van der Waals surface area contributed by atoms with E-state index in [0.29, 0.717) is 11.2 Å². The Kier molecular flexibility index (Phi) is 3.69. The number of ether oxygens (including phenoxy) is 1. The predicted octanol–water partition coefficient (Wildman–Crippen LogP) is 3.92. The lowest BCUT2D eigenvalue weighted by Crippen LogP contribution is -2.46. The summed E-state index contributed by atoms with van der Waals surface area (Å²) in [4.78, 5) is -0.0873. The second-order valence-electron chi connectivity index (χ2n) is 7.88. The average Bonchev–Trinajstić information content (AvgIpc) is 2.51. The van der Waals surface area contributed by atoms with Gasteiger partial charge in [0.1, 0.15) is 5.75 Å². The summed E-state index contributed by atoms with van der Waals surface area (Å²) >= 11 is 0. The van der Waals surface area contributed by atoms with Crippen LogP contribution in [0.4, 0.5) is 0 Å². The van der Waals surface area contributed by atoms with Gasteiger partial charge < -0.3 is 4.74 Å². The van der Waals surface area contributed by atoms with Gasteiger partial charge >= 0.3 is 0 Å². The zero-order valence-electron chi connectivity index (χ0n) is 13.3. The number of hydrogen-bond donors (Lipinski definition) is 1. The van der Waals surface area contributed by atoms with Crippen molar-refractivity contribution in [3.63, 3.8) is 0 Å². The van der Waals surface area contributed by atoms with Gasteiger partial charge in [0.05, 0.1) is 11.5 Å². The average molecular weight is 336 g/mol. The number of rotatable bonds is 4. The third kappa shape index (κ3) is 3.01. The van der Waals surface area contributed by atoms with E-state index in [1.165, 1.54) is 57.1 Å². The van der Waals surface area contributed by atoms with Gasteiger partial charge in [-0.05, 0) is 80.5 Å². The van der Waals surface area contributed by atoms with Gasteiger partial charge in [-0.2, -0.15) is 8.42 Å². The second kappa shape index (κ2) is 5.49. The van der Waals surface area contributed by atoms with Crippen molar-refractivity contribution in [3.8, 4) is 5.75 Å². The van der Waals surface area contributed by atoms with Crippen molar-refractivity contribution in [3.05, 3.63) is 24.3 Å². The fourth-order valence-electron chi connectivity index (χ4n) is 5.32. The molecule has 23 heavy (non-hydrogen) atoms. The number of fused-ring (bicyclic) bond motifs is 2. The molecule has 0 saturated heterocycles. The van der Waals surface area contributed by atoms with E-state index in [9.17, 15) is 8.42 Å². The molecular formula is C18H24O4S. The minimum Gasteiger partial charge on any atom is -0.493 e. The molecule has 1 aromatic rings. The molecule has 4 atom stereocenters. The van der Waals surface area contributed by atoms with Gasteiger partial charge in [0.15, 0.2) is 0 Å². The Hall–Kier alpha value is -1.07. The molecular weight excluding hydrogens is 312 g/mol. The Balaban J connectivity index is 1.44. The van der Waals surface area contributed by atoms with Crippen LogP contribution in [0.1, 0.15) is 44.9 Å². The van der Waals surface area contributed by atoms with E-state index >= 15 is 0 Å². The maximum Gasteiger partial charge on any atom is 0.294 e. The molecule has 0 aliphatic heterocycles. The van der Waals surface area contributed by atoms with Crippen LogP contribution in [-0.4, -0.2) is 19.6 Å². The summed E-state index contributed by atoms with van der Waals surface area (Å²) in [5, 5.41) is 0. The molecule has 4 nitrogen and oxygen atoms in total. The molecule has 3 aliphatic carbocycles. The highest BCUT2D eigenvalue weighted by Gasteiger charge is 2.49. The molecule has 5 heteroatoms. The van der Waals surface area contributed by atoms with Crippen LogP contribution in [0.15, 0.2) is 29.2 Å². The van der Waals surface area contributed by atoms with E-state index in [0.717, 1.165) is 24.4 Å². The summed E-state index contributed by atoms with van der Waals surface area (Å²) in [6.45, 7) is 0.734. The Morgan fingerprint density at radius 3 is 2.61 bits per heavy atom. The molecule has 0 amide bonds. The lowest BCUT2D eigenvalue weighted by atomic mass is 9.52. The SMILES string of the molecule is O=S(=O)(O)c1ccc(OCC23CCC4CCC(CC4C2)C3)cc1. The molecule has 4 rings (SSSR count). The van der Waals surface area contributed by atoms with E-state index in [2.05, 4.69) is 0 Å². The maximum atomic E-state index is 11.1. The first-order valence-electron chi connectivity index (χ1n) is 8.64. The maximum absolute atomic E-state index is 11.1. The van der Waals surface area contributed by atoms with E-state index in [-0.39, 0.29) is 4.90 Å². The summed E-state index contributed by atoms with van der Waals surface area (Å²) in [5.74, 6) is 3.43. The van der Waals surface area contributed by atoms with Gasteiger partial charge in [-0.15, -0.1) is 0 Å². The lowest BCUT2D eigenvalue weighted by Gasteiger charge is -2.54. The highest BCUT2D eigenvalue weighted by Crippen LogP contribution is 2.58. The van der Waals surface area contributed by atoms with Crippen LogP contribution >= 0.6 is 0 Å². The highest BCUT2D eigenvalue weighted by atomic mass is 32.2. The van der Waals surface area contributed by atoms with Crippen molar-refractivity contribution >= 4 is 10.1 Å². The van der Waals surface area contributed by atoms with Crippen LogP contribution in [0.5, 0.6) is 5.75 Å². The van der Waals surface area contributed by atoms with Crippen LogP contribution in [0, 0.1) is 23.2 Å². The Bertz CT molecular complexity index is 677. The molecule has 3 saturated carbocycles. The van der Waals surface area contributed by atoms with E-state index in [4.69, 9.17) is 9.29 Å². The van der Waals surface area contributed by atoms with Gasteiger partial charge in [0, 0.05) is 5.41 Å². The molecule has 1 N–H and O–H groups in total. The van der Waals surface area contributed by atoms with Gasteiger partial charge in [-0.1, -0.05) is 6.42 Å². The number of benzene rings is 1. The van der Waals surface area contributed by atoms with Gasteiger partial charge in [-0.25, -0.2) is 0 Å². The van der Waals surface area contributed by atoms with Crippen molar-refractivity contribution in [2.75, 3.05) is 6.61 Å². The Morgan fingerprint density at radius 2 is 1.87 bits per heavy atom. The molecule has 3 fully saturated rings. The van der Waals surface area contributed by atoms with Crippen LogP contribution < -0.4 is 4.74 Å². The molecule has 3 bridgehead atoms. The summed E-state index contributed by atoms with van der Waals surface area (Å²) in [7, 11) is -4.13. The van der Waals surface area contributed by atoms with Crippen LogP contribution in [0.3, 0.4) is 0 Å². The highest BCUT2D eigenvalue weighted by molar-refractivity contribution is 7.85. The zero-order valence-corrected chi connectivity index (χ0v) is 14.1. The third-order valence-electron chi connectivity index (χ3n) is 6.38. The largest absolute Gasteiger partial charge is 0.493 e. The molecule has 0 spiro atoms. The fourth-order valence-corrected chi connectivity index (χ4v) is 5.80. The summed E-state index contributed by atoms with van der Waals surface area (Å²) in [6.07, 6.45) is 9.47. The number of hydrogen-bond acceptors (Lipinski definition) is 3. The lowest BCUT2D eigenvalue weighted by molar-refractivity contribution is -0.0568. The van der Waals surface area contributed by atoms with E-state index in [1.807, 2.05) is 0 Å². The predicted molar refractivity (Wildman–Crippen MR) is 87.0 cm³/mol. The van der Waals surface area contributed by atoms with Crippen LogP contribution in [-0.2, 0) is 10.1 Å². The molecule has 0 radical (unpaired) electrons. The van der Waals surface area contributed by atoms with Crippen molar-refractivity contribution < 1.29 is 17.7 Å². The van der Waals surface area contributed by atoms with Gasteiger partial charge in [-0.3, -0.25) is 4.55 Å². The molecule has 0 heterocycles.